The summed E-state index contributed by atoms with van der Waals surface area (Å²) in [7, 11) is 0. The molecule has 74 valence electrons. The Labute approximate surface area is 142 Å². The maximum atomic E-state index is 10.1. The Hall–Kier alpha value is 0.721. The first-order valence-corrected chi connectivity index (χ1v) is 3.11. The first-order chi connectivity index (χ1) is 5.78. The van der Waals surface area contributed by atoms with E-state index in [4.69, 9.17) is 5.11 Å². The zero-order valence-corrected chi connectivity index (χ0v) is 12.5. The molecule has 0 aromatic carbocycles. The second kappa shape index (κ2) is 8.83. The molecule has 0 bridgehead atoms. The van der Waals surface area contributed by atoms with Gasteiger partial charge in [0.25, 0.3) is 0 Å². The van der Waals surface area contributed by atoms with E-state index in [1.807, 2.05) is 0 Å². The number of hydrogen-bond donors (Lipinski definition) is 1. The Bertz CT molecular complexity index is 238. The van der Waals surface area contributed by atoms with Crippen molar-refractivity contribution < 1.29 is 108 Å². The van der Waals surface area contributed by atoms with Gasteiger partial charge in [-0.2, -0.15) is 0 Å². The molecule has 0 aromatic rings. The van der Waals surface area contributed by atoms with Crippen molar-refractivity contribution in [2.24, 2.45) is 0 Å². The van der Waals surface area contributed by atoms with Crippen LogP contribution in [0.2, 0.25) is 0 Å². The zero-order valence-electron chi connectivity index (χ0n) is 7.81. The normalized spacial score (nSPS) is 9.40. The molecular weight excluding hydrogens is 271 g/mol. The Morgan fingerprint density at radius 1 is 1.00 bits per heavy atom. The maximum Gasteiger partial charge on any atom is 4.00 e. The summed E-state index contributed by atoms with van der Waals surface area (Å²) in [5.74, 6) is -5.98. The minimum absolute atomic E-state index is 0. The van der Waals surface area contributed by atoms with E-state index in [0.29, 0.717) is 0 Å². The van der Waals surface area contributed by atoms with E-state index >= 15 is 0 Å². The van der Waals surface area contributed by atoms with Crippen LogP contribution in [0.15, 0.2) is 0 Å². The van der Waals surface area contributed by atoms with E-state index < -0.39 is 36.4 Å². The molecule has 0 spiro atoms. The van der Waals surface area contributed by atoms with Gasteiger partial charge in [-0.15, -0.1) is 0 Å². The minimum atomic E-state index is -2.97. The molecule has 0 saturated heterocycles. The number of aliphatic hydroxyl groups is 1. The van der Waals surface area contributed by atoms with Gasteiger partial charge in [0, 0.05) is 24.8 Å². The summed E-state index contributed by atoms with van der Waals surface area (Å²) < 4.78 is 0. The molecule has 0 aromatic heterocycles. The van der Waals surface area contributed by atoms with E-state index in [9.17, 15) is 29.7 Å². The van der Waals surface area contributed by atoms with Crippen LogP contribution in [0.4, 0.5) is 0 Å². The number of carbonyl (C=O) groups excluding carboxylic acids is 3. The van der Waals surface area contributed by atoms with Gasteiger partial charge >= 0.3 is 73.1 Å². The van der Waals surface area contributed by atoms with Crippen molar-refractivity contribution in [3.05, 3.63) is 0 Å². The molecule has 0 aliphatic carbocycles. The van der Waals surface area contributed by atoms with Crippen molar-refractivity contribution in [2.45, 2.75) is 18.4 Å². The number of rotatable bonds is 5. The van der Waals surface area contributed by atoms with Crippen LogP contribution in [-0.4, -0.2) is 28.6 Å². The fraction of sp³-hybridized carbons (Fsp3) is 0.500. The molecule has 7 nitrogen and oxygen atoms in total. The zero-order chi connectivity index (χ0) is 10.6. The van der Waals surface area contributed by atoms with E-state index in [1.54, 1.807) is 0 Å². The molecule has 0 heterocycles. The third-order valence-electron chi connectivity index (χ3n) is 1.25. The minimum Gasteiger partial charge on any atom is -0.550 e. The average molecular weight is 276 g/mol. The monoisotopic (exact) mass is 276 g/mol. The van der Waals surface area contributed by atoms with Crippen LogP contribution in [0.1, 0.15) is 12.8 Å². The standard InChI is InChI=1S/C6H8O7.K.Ti/c7-3(8)1-6(13,5(11)12)2-4(9)10;;/h13H,1-2H2,(H,7,8)(H,9,10)(H,11,12);;/q;+1;+4/p-3. The van der Waals surface area contributed by atoms with Crippen LogP contribution in [-0.2, 0) is 36.1 Å². The first kappa shape index (κ1) is 21.1. The molecule has 1 N–H and O–H groups in total. The number of aliphatic carboxylic acids is 3. The Morgan fingerprint density at radius 2 is 1.27 bits per heavy atom. The summed E-state index contributed by atoms with van der Waals surface area (Å²) in [5.41, 5.74) is -2.97. The van der Waals surface area contributed by atoms with Crippen molar-refractivity contribution in [3.8, 4) is 0 Å². The molecule has 0 aliphatic heterocycles. The van der Waals surface area contributed by atoms with Crippen molar-refractivity contribution in [1.82, 2.24) is 0 Å². The van der Waals surface area contributed by atoms with Gasteiger partial charge in [-0.25, -0.2) is 0 Å². The Kier molecular flexibility index (Phi) is 12.4. The Morgan fingerprint density at radius 3 is 1.40 bits per heavy atom. The molecule has 0 aliphatic rings. The Balaban J connectivity index is -0.000000720. The first-order valence-electron chi connectivity index (χ1n) is 3.11. The third-order valence-corrected chi connectivity index (χ3v) is 1.25. The third kappa shape index (κ3) is 8.52. The van der Waals surface area contributed by atoms with E-state index in [2.05, 4.69) is 0 Å². The predicted octanol–water partition coefficient (Wildman–Crippen LogP) is -8.25. The van der Waals surface area contributed by atoms with Crippen LogP contribution in [0.5, 0.6) is 0 Å². The van der Waals surface area contributed by atoms with Crippen LogP contribution < -0.4 is 66.7 Å². The molecule has 0 radical (unpaired) electrons. The SMILES string of the molecule is O=C([O-])CC(O)(CC(=O)[O-])C(=O)[O-].[K+].[Ti+4]. The maximum absolute atomic E-state index is 10.1. The fourth-order valence-corrected chi connectivity index (χ4v) is 0.684. The molecule has 0 fully saturated rings. The second-order valence-corrected chi connectivity index (χ2v) is 2.42. The summed E-state index contributed by atoms with van der Waals surface area (Å²) in [4.78, 5) is 30.0. The summed E-state index contributed by atoms with van der Waals surface area (Å²) in [6, 6.07) is 0. The van der Waals surface area contributed by atoms with E-state index in [1.165, 1.54) is 0 Å². The van der Waals surface area contributed by atoms with Crippen LogP contribution in [0.25, 0.3) is 0 Å². The number of carboxylic acid groups (broad SMARTS) is 3. The van der Waals surface area contributed by atoms with Gasteiger partial charge < -0.3 is 34.8 Å². The molecule has 0 atom stereocenters. The van der Waals surface area contributed by atoms with Gasteiger partial charge in [-0.05, 0) is 0 Å². The molecule has 0 unspecified atom stereocenters. The van der Waals surface area contributed by atoms with Gasteiger partial charge in [-0.1, -0.05) is 0 Å². The predicted molar refractivity (Wildman–Crippen MR) is 29.2 cm³/mol. The van der Waals surface area contributed by atoms with Gasteiger partial charge in [0.15, 0.2) is 0 Å². The molecule has 0 rings (SSSR count). The molecule has 0 saturated carbocycles. The van der Waals surface area contributed by atoms with Gasteiger partial charge in [0.05, 0.1) is 5.97 Å². The summed E-state index contributed by atoms with van der Waals surface area (Å²) >= 11 is 0. The molecule has 9 heteroatoms. The molecule has 15 heavy (non-hydrogen) atoms. The summed E-state index contributed by atoms with van der Waals surface area (Å²) in [6.45, 7) is 0. The van der Waals surface area contributed by atoms with E-state index in [0.717, 1.165) is 0 Å². The summed E-state index contributed by atoms with van der Waals surface area (Å²) in [5, 5.41) is 38.9. The fourth-order valence-electron chi connectivity index (χ4n) is 0.684. The van der Waals surface area contributed by atoms with Gasteiger partial charge in [0.1, 0.15) is 5.60 Å². The van der Waals surface area contributed by atoms with Crippen molar-refractivity contribution in [3.63, 3.8) is 0 Å². The van der Waals surface area contributed by atoms with E-state index in [-0.39, 0.29) is 73.1 Å². The van der Waals surface area contributed by atoms with Crippen molar-refractivity contribution in [2.75, 3.05) is 0 Å². The van der Waals surface area contributed by atoms with Crippen molar-refractivity contribution in [1.29, 1.82) is 0 Å². The van der Waals surface area contributed by atoms with Gasteiger partial charge in [-0.3, -0.25) is 0 Å². The topological polar surface area (TPSA) is 141 Å². The van der Waals surface area contributed by atoms with Crippen molar-refractivity contribution >= 4 is 17.9 Å². The smallest absolute Gasteiger partial charge is 0.550 e. The number of hydrogen-bond acceptors (Lipinski definition) is 7. The largest absolute Gasteiger partial charge is 4.00 e. The van der Waals surface area contributed by atoms with Crippen LogP contribution in [0.3, 0.4) is 0 Å². The van der Waals surface area contributed by atoms with Crippen LogP contribution in [0, 0.1) is 0 Å². The second-order valence-electron chi connectivity index (χ2n) is 2.42. The molecule has 0 amide bonds. The van der Waals surface area contributed by atoms with Crippen LogP contribution >= 0.6 is 0 Å². The quantitative estimate of drug-likeness (QED) is 0.491. The average Bonchev–Trinajstić information content (AvgIpc) is 1.82. The number of carbonyl (C=O) groups is 3. The number of carboxylic acids is 3. The summed E-state index contributed by atoms with van der Waals surface area (Å²) in [6.07, 6.45) is -2.72. The molecular formula is C6H5KO7Ti+2. The van der Waals surface area contributed by atoms with Gasteiger partial charge in [0.2, 0.25) is 0 Å².